The van der Waals surface area contributed by atoms with Gasteiger partial charge in [0.05, 0.1) is 31.9 Å². The third-order valence-corrected chi connectivity index (χ3v) is 8.55. The van der Waals surface area contributed by atoms with Crippen molar-refractivity contribution < 1.29 is 41.0 Å². The van der Waals surface area contributed by atoms with Crippen LogP contribution in [0.1, 0.15) is 25.1 Å². The second-order valence-electron chi connectivity index (χ2n) is 11.3. The summed E-state index contributed by atoms with van der Waals surface area (Å²) in [5.74, 6) is -0.0257. The number of nitrogens with one attached hydrogen (secondary N) is 2. The number of aromatic nitrogens is 2. The molecule has 2 amide bonds. The maximum atomic E-state index is 13.3. The Morgan fingerprint density at radius 1 is 1.30 bits per heavy atom. The highest BCUT2D eigenvalue weighted by atomic mass is 32.3. The third-order valence-electron chi connectivity index (χ3n) is 7.53. The lowest BCUT2D eigenvalue weighted by atomic mass is 9.84. The van der Waals surface area contributed by atoms with Gasteiger partial charge in [0.25, 0.3) is 17.6 Å². The number of β-lactam (4-membered cyclic amide) rings is 1. The zero-order chi connectivity index (χ0) is 33.2. The number of thiazole rings is 1. The van der Waals surface area contributed by atoms with Crippen LogP contribution in [-0.2, 0) is 42.6 Å². The van der Waals surface area contributed by atoms with E-state index in [4.69, 9.17) is 25.6 Å². The molecule has 0 bridgehead atoms. The van der Waals surface area contributed by atoms with E-state index in [-0.39, 0.29) is 29.1 Å². The highest BCUT2D eigenvalue weighted by Crippen LogP contribution is 2.34. The van der Waals surface area contributed by atoms with Gasteiger partial charge in [-0.2, -0.15) is 13.5 Å². The molecule has 0 saturated carbocycles. The second kappa shape index (κ2) is 13.2. The Bertz CT molecular complexity index is 1780. The Morgan fingerprint density at radius 3 is 2.72 bits per heavy atom. The van der Waals surface area contributed by atoms with E-state index in [0.29, 0.717) is 31.2 Å². The largest absolute Gasteiger partial charge is 0.493 e. The minimum absolute atomic E-state index is 0.0732. The first-order valence-electron chi connectivity index (χ1n) is 14.2. The van der Waals surface area contributed by atoms with Crippen molar-refractivity contribution in [3.05, 3.63) is 53.2 Å². The minimum Gasteiger partial charge on any atom is -0.493 e. The van der Waals surface area contributed by atoms with Gasteiger partial charge in [0.1, 0.15) is 24.1 Å². The number of carbonyl (C=O) groups excluding carboxylic acids is 2. The number of nitrogens with zero attached hydrogens (tertiary/aromatic N) is 4. The summed E-state index contributed by atoms with van der Waals surface area (Å²) in [5.41, 5.74) is 13.0. The molecule has 2 aromatic heterocycles. The van der Waals surface area contributed by atoms with Gasteiger partial charge in [-0.05, 0) is 43.5 Å². The van der Waals surface area contributed by atoms with E-state index in [0.717, 1.165) is 39.6 Å². The van der Waals surface area contributed by atoms with Gasteiger partial charge >= 0.3 is 10.4 Å². The number of nitrogen functional groups attached to an aromatic ring is 1. The lowest BCUT2D eigenvalue weighted by molar-refractivity contribution is -0.656. The predicted octanol–water partition coefficient (Wildman–Crippen LogP) is 0.399. The van der Waals surface area contributed by atoms with E-state index < -0.39 is 33.8 Å². The molecule has 46 heavy (non-hydrogen) atoms. The molecule has 1 fully saturated rings. The van der Waals surface area contributed by atoms with Crippen molar-refractivity contribution in [2.75, 3.05) is 37.4 Å². The first kappa shape index (κ1) is 33.0. The number of carbonyl (C=O) groups is 2. The minimum atomic E-state index is -4.95. The molecule has 246 valence electrons. The number of amides is 2. The maximum Gasteiger partial charge on any atom is 0.418 e. The Kier molecular flexibility index (Phi) is 9.45. The summed E-state index contributed by atoms with van der Waals surface area (Å²) in [4.78, 5) is 35.5. The molecule has 2 aliphatic rings. The lowest BCUT2D eigenvalue weighted by Crippen LogP contribution is -2.76. The molecule has 4 heterocycles. The zero-order valence-electron chi connectivity index (χ0n) is 25.3. The van der Waals surface area contributed by atoms with Gasteiger partial charge in [0.15, 0.2) is 10.8 Å². The van der Waals surface area contributed by atoms with Crippen molar-refractivity contribution in [1.29, 1.82) is 0 Å². The highest BCUT2D eigenvalue weighted by Gasteiger charge is 2.58. The molecule has 16 nitrogen and oxygen atoms in total. The molecular weight excluding hydrogens is 640 g/mol. The van der Waals surface area contributed by atoms with Gasteiger partial charge in [-0.1, -0.05) is 17.3 Å². The summed E-state index contributed by atoms with van der Waals surface area (Å²) in [6, 6.07) is 8.91. The van der Waals surface area contributed by atoms with Crippen molar-refractivity contribution in [2.24, 2.45) is 23.9 Å². The zero-order valence-corrected chi connectivity index (χ0v) is 26.9. The summed E-state index contributed by atoms with van der Waals surface area (Å²) >= 11 is 1.09. The van der Waals surface area contributed by atoms with Crippen LogP contribution in [0.15, 0.2) is 47.1 Å². The van der Waals surface area contributed by atoms with Crippen LogP contribution in [0.2, 0.25) is 0 Å². The van der Waals surface area contributed by atoms with Gasteiger partial charge < -0.3 is 26.4 Å². The van der Waals surface area contributed by atoms with Gasteiger partial charge in [0, 0.05) is 29.5 Å². The fraction of sp³-hybridized carbons (Fsp3) is 0.393. The summed E-state index contributed by atoms with van der Waals surface area (Å²) < 4.78 is 43.6. The fourth-order valence-corrected chi connectivity index (χ4v) is 6.11. The standard InChI is InChI=1S/C28H34N8O8S2/c1-28(2)24(26(38)36(28)44-46(39,40)41)33-25(37)23(20-15-45-27(30)32-20)34-43-14-16-10-18-5-4-17(11-21(18)42-13-16)19-6-7-22(31-9-8-29)35(3)12-19/h4-7,11-12,15-16,24H,8-10,13-14,29H2,1-3H3,(H4,30,32,33,37,39,40,41)/p+1/b34-23-/t16-,24+/m0/s1. The van der Waals surface area contributed by atoms with Crippen molar-refractivity contribution >= 4 is 50.2 Å². The average Bonchev–Trinajstić information content (AvgIpc) is 3.44. The molecule has 0 unspecified atom stereocenters. The molecule has 2 aliphatic heterocycles. The Hall–Kier alpha value is -4.36. The van der Waals surface area contributed by atoms with Crippen LogP contribution < -0.4 is 31.4 Å². The maximum absolute atomic E-state index is 13.3. The van der Waals surface area contributed by atoms with E-state index in [2.05, 4.69) is 25.1 Å². The first-order valence-corrected chi connectivity index (χ1v) is 16.4. The summed E-state index contributed by atoms with van der Waals surface area (Å²) in [6.07, 6.45) is 2.69. The molecule has 0 radical (unpaired) electrons. The summed E-state index contributed by atoms with van der Waals surface area (Å²) in [6.45, 7) is 4.59. The van der Waals surface area contributed by atoms with Crippen molar-refractivity contribution in [2.45, 2.75) is 31.8 Å². The number of hydrogen-bond donors (Lipinski definition) is 5. The van der Waals surface area contributed by atoms with Gasteiger partial charge in [-0.3, -0.25) is 19.5 Å². The molecule has 1 aromatic carbocycles. The normalized spacial score (nSPS) is 19.1. The molecule has 1 saturated heterocycles. The number of ether oxygens (including phenoxy) is 1. The number of nitrogens with two attached hydrogens (primary N) is 2. The predicted molar refractivity (Wildman–Crippen MR) is 168 cm³/mol. The molecule has 5 rings (SSSR count). The van der Waals surface area contributed by atoms with E-state index in [9.17, 15) is 18.0 Å². The molecule has 2 atom stereocenters. The number of aryl methyl sites for hydroxylation is 1. The van der Waals surface area contributed by atoms with Crippen LogP contribution in [0.3, 0.4) is 0 Å². The highest BCUT2D eigenvalue weighted by molar-refractivity contribution is 7.80. The second-order valence-corrected chi connectivity index (χ2v) is 13.2. The number of anilines is 2. The SMILES string of the molecule is C[n+]1cc(-c2ccc3c(c2)OC[C@@H](CO/N=C(\C(=O)N[C@@H]2C(=O)N(OS(=O)(=O)O)C2(C)C)c2csc(N)n2)C3)ccc1NCCN. The monoisotopic (exact) mass is 675 g/mol. The van der Waals surface area contributed by atoms with E-state index in [1.165, 1.54) is 19.2 Å². The molecule has 3 aromatic rings. The average molecular weight is 676 g/mol. The number of benzene rings is 1. The fourth-order valence-electron chi connectivity index (χ4n) is 5.11. The quantitative estimate of drug-likeness (QED) is 0.0578. The van der Waals surface area contributed by atoms with Gasteiger partial charge in [0.2, 0.25) is 0 Å². The van der Waals surface area contributed by atoms with Gasteiger partial charge in [-0.25, -0.2) is 9.55 Å². The van der Waals surface area contributed by atoms with Crippen molar-refractivity contribution in [1.82, 2.24) is 15.4 Å². The first-order chi connectivity index (χ1) is 21.8. The van der Waals surface area contributed by atoms with Crippen molar-refractivity contribution in [3.8, 4) is 16.9 Å². The topological polar surface area (TPSA) is 225 Å². The van der Waals surface area contributed by atoms with Crippen LogP contribution in [0, 0.1) is 5.92 Å². The number of oxime groups is 1. The van der Waals surface area contributed by atoms with Crippen LogP contribution in [0.4, 0.5) is 10.9 Å². The number of pyridine rings is 1. The van der Waals surface area contributed by atoms with Crippen LogP contribution in [0.25, 0.3) is 11.1 Å². The molecule has 18 heteroatoms. The molecular formula is C28H35N8O8S2+. The Morgan fingerprint density at radius 2 is 2.07 bits per heavy atom. The van der Waals surface area contributed by atoms with Crippen LogP contribution >= 0.6 is 11.3 Å². The Balaban J connectivity index is 1.23. The summed E-state index contributed by atoms with van der Waals surface area (Å²) in [7, 11) is -2.98. The lowest BCUT2D eigenvalue weighted by Gasteiger charge is -2.50. The smallest absolute Gasteiger partial charge is 0.418 e. The molecule has 0 aliphatic carbocycles. The van der Waals surface area contributed by atoms with Gasteiger partial charge in [-0.15, -0.1) is 15.6 Å². The Labute approximate surface area is 269 Å². The van der Waals surface area contributed by atoms with Crippen molar-refractivity contribution in [3.63, 3.8) is 0 Å². The molecule has 7 N–H and O–H groups in total. The van der Waals surface area contributed by atoms with Crippen LogP contribution in [0.5, 0.6) is 5.75 Å². The summed E-state index contributed by atoms with van der Waals surface area (Å²) in [5, 5.41) is 12.0. The van der Waals surface area contributed by atoms with Crippen LogP contribution in [-0.4, -0.2) is 78.4 Å². The van der Waals surface area contributed by atoms with E-state index in [1.807, 2.05) is 48.1 Å². The number of hydroxylamine groups is 2. The van der Waals surface area contributed by atoms with E-state index in [1.54, 1.807) is 0 Å². The number of rotatable bonds is 12. The van der Waals surface area contributed by atoms with E-state index >= 15 is 0 Å². The number of fused-ring (bicyclic) bond motifs is 1. The third kappa shape index (κ3) is 7.20. The molecule has 0 spiro atoms. The number of hydrogen-bond acceptors (Lipinski definition) is 13.